The predicted octanol–water partition coefficient (Wildman–Crippen LogP) is 4.22. The van der Waals surface area contributed by atoms with Gasteiger partial charge in [0.2, 0.25) is 0 Å². The summed E-state index contributed by atoms with van der Waals surface area (Å²) < 4.78 is 11.6. The second-order valence-electron chi connectivity index (χ2n) is 4.24. The van der Waals surface area contributed by atoms with Crippen molar-refractivity contribution in [1.29, 1.82) is 0 Å². The molecular weight excluding hydrogens is 224 g/mol. The Kier molecular flexibility index (Phi) is 4.46. The zero-order chi connectivity index (χ0) is 12.8. The molecule has 0 aliphatic heterocycles. The number of ether oxygens (including phenoxy) is 2. The van der Waals surface area contributed by atoms with Gasteiger partial charge in [-0.3, -0.25) is 0 Å². The first kappa shape index (κ1) is 12.7. The van der Waals surface area contributed by atoms with Crippen LogP contribution in [0.3, 0.4) is 0 Å². The van der Waals surface area contributed by atoms with E-state index in [2.05, 4.69) is 26.0 Å². The Morgan fingerprint density at radius 2 is 1.78 bits per heavy atom. The van der Waals surface area contributed by atoms with Crippen molar-refractivity contribution in [3.05, 3.63) is 36.4 Å². The highest BCUT2D eigenvalue weighted by Crippen LogP contribution is 2.35. The largest absolute Gasteiger partial charge is 0.490 e. The molecule has 0 unspecified atom stereocenters. The van der Waals surface area contributed by atoms with E-state index in [1.807, 2.05) is 24.3 Å². The van der Waals surface area contributed by atoms with Crippen molar-refractivity contribution in [1.82, 2.24) is 0 Å². The summed E-state index contributed by atoms with van der Waals surface area (Å²) in [5.41, 5.74) is 0. The topological polar surface area (TPSA) is 18.5 Å². The lowest BCUT2D eigenvalue weighted by atomic mass is 10.1. The molecule has 0 aliphatic carbocycles. The van der Waals surface area contributed by atoms with Crippen molar-refractivity contribution in [2.24, 2.45) is 0 Å². The van der Waals surface area contributed by atoms with Crippen LogP contribution in [0.4, 0.5) is 0 Å². The Bertz CT molecular complexity index is 505. The maximum atomic E-state index is 5.86. The molecule has 2 rings (SSSR count). The van der Waals surface area contributed by atoms with Crippen LogP contribution >= 0.6 is 0 Å². The van der Waals surface area contributed by atoms with Gasteiger partial charge in [0.15, 0.2) is 11.5 Å². The van der Waals surface area contributed by atoms with E-state index in [4.69, 9.17) is 9.47 Å². The van der Waals surface area contributed by atoms with Crippen LogP contribution in [0.2, 0.25) is 0 Å². The first-order valence-electron chi connectivity index (χ1n) is 6.55. The summed E-state index contributed by atoms with van der Waals surface area (Å²) in [5, 5.41) is 2.23. The van der Waals surface area contributed by atoms with Crippen molar-refractivity contribution < 1.29 is 9.47 Å². The van der Waals surface area contributed by atoms with Gasteiger partial charge in [-0.15, -0.1) is 0 Å². The van der Waals surface area contributed by atoms with Gasteiger partial charge >= 0.3 is 0 Å². The van der Waals surface area contributed by atoms with Gasteiger partial charge < -0.3 is 9.47 Å². The third-order valence-corrected chi connectivity index (χ3v) is 2.69. The average Bonchev–Trinajstić information content (AvgIpc) is 2.43. The molecule has 0 amide bonds. The number of hydrogen-bond donors (Lipinski definition) is 0. The highest BCUT2D eigenvalue weighted by molar-refractivity contribution is 5.90. The maximum Gasteiger partial charge on any atom is 0.168 e. The minimum absolute atomic E-state index is 0.709. The molecule has 2 aromatic rings. The zero-order valence-corrected chi connectivity index (χ0v) is 11.0. The molecule has 0 saturated carbocycles. The molecule has 0 bridgehead atoms. The van der Waals surface area contributed by atoms with Crippen LogP contribution in [0.15, 0.2) is 30.3 Å². The van der Waals surface area contributed by atoms with Gasteiger partial charge in [0.1, 0.15) is 0 Å². The first-order valence-corrected chi connectivity index (χ1v) is 6.55. The van der Waals surface area contributed by atoms with Crippen LogP contribution in [-0.2, 0) is 0 Å². The molecule has 0 spiro atoms. The van der Waals surface area contributed by atoms with Crippen LogP contribution in [0, 0.1) is 6.07 Å². The highest BCUT2D eigenvalue weighted by atomic mass is 16.5. The van der Waals surface area contributed by atoms with Crippen LogP contribution in [-0.4, -0.2) is 13.2 Å². The summed E-state index contributed by atoms with van der Waals surface area (Å²) >= 11 is 0. The number of rotatable bonds is 6. The fourth-order valence-corrected chi connectivity index (χ4v) is 1.84. The quantitative estimate of drug-likeness (QED) is 0.756. The number of hydrogen-bond acceptors (Lipinski definition) is 2. The fourth-order valence-electron chi connectivity index (χ4n) is 1.84. The molecule has 0 atom stereocenters. The van der Waals surface area contributed by atoms with Crippen molar-refractivity contribution in [2.75, 3.05) is 13.2 Å². The molecule has 0 aromatic heterocycles. The minimum Gasteiger partial charge on any atom is -0.490 e. The molecular formula is C16H19O2. The lowest BCUT2D eigenvalue weighted by molar-refractivity contribution is 0.271. The summed E-state index contributed by atoms with van der Waals surface area (Å²) in [7, 11) is 0. The Morgan fingerprint density at radius 3 is 2.56 bits per heavy atom. The molecule has 2 nitrogen and oxygen atoms in total. The normalized spacial score (nSPS) is 10.6. The van der Waals surface area contributed by atoms with Gasteiger partial charge in [0.05, 0.1) is 13.2 Å². The summed E-state index contributed by atoms with van der Waals surface area (Å²) in [4.78, 5) is 0. The maximum absolute atomic E-state index is 5.86. The van der Waals surface area contributed by atoms with Gasteiger partial charge in [-0.25, -0.2) is 0 Å². The average molecular weight is 243 g/mol. The van der Waals surface area contributed by atoms with Crippen molar-refractivity contribution >= 4 is 10.8 Å². The van der Waals surface area contributed by atoms with Crippen LogP contribution in [0.5, 0.6) is 11.5 Å². The van der Waals surface area contributed by atoms with Gasteiger partial charge in [-0.05, 0) is 42.5 Å². The van der Waals surface area contributed by atoms with E-state index in [-0.39, 0.29) is 0 Å². The predicted molar refractivity (Wildman–Crippen MR) is 74.4 cm³/mol. The molecule has 0 saturated heterocycles. The second kappa shape index (κ2) is 6.29. The summed E-state index contributed by atoms with van der Waals surface area (Å²) in [6.07, 6.45) is 1.98. The summed E-state index contributed by atoms with van der Waals surface area (Å²) in [6, 6.07) is 13.0. The Hall–Kier alpha value is -1.70. The van der Waals surface area contributed by atoms with Gasteiger partial charge in [0, 0.05) is 5.39 Å². The Balaban J connectivity index is 2.41. The molecule has 1 radical (unpaired) electrons. The molecule has 0 heterocycles. The van der Waals surface area contributed by atoms with Crippen molar-refractivity contribution in [3.63, 3.8) is 0 Å². The number of fused-ring (bicyclic) bond motifs is 1. The minimum atomic E-state index is 0.709. The van der Waals surface area contributed by atoms with Crippen LogP contribution in [0.25, 0.3) is 10.8 Å². The molecule has 95 valence electrons. The van der Waals surface area contributed by atoms with Crippen molar-refractivity contribution in [3.8, 4) is 11.5 Å². The molecule has 2 heteroatoms. The standard InChI is InChI=1S/C16H19O2/c1-3-11-17-15-10-9-13-7-5-6-8-14(13)16(15)18-12-4-2/h6-10H,3-4,11-12H2,1-2H3. The first-order chi connectivity index (χ1) is 8.86. The molecule has 18 heavy (non-hydrogen) atoms. The van der Waals surface area contributed by atoms with E-state index < -0.39 is 0 Å². The molecule has 2 aromatic carbocycles. The summed E-state index contributed by atoms with van der Waals surface area (Å²) in [6.45, 7) is 5.63. The van der Waals surface area contributed by atoms with Crippen molar-refractivity contribution in [2.45, 2.75) is 26.7 Å². The molecule has 0 fully saturated rings. The summed E-state index contributed by atoms with van der Waals surface area (Å²) in [5.74, 6) is 1.70. The van der Waals surface area contributed by atoms with E-state index in [0.717, 1.165) is 35.1 Å². The lowest BCUT2D eigenvalue weighted by Gasteiger charge is -2.14. The number of benzene rings is 2. The van der Waals surface area contributed by atoms with Crippen LogP contribution in [0.1, 0.15) is 26.7 Å². The monoisotopic (exact) mass is 243 g/mol. The third-order valence-electron chi connectivity index (χ3n) is 2.69. The Morgan fingerprint density at radius 1 is 1.00 bits per heavy atom. The third kappa shape index (κ3) is 2.76. The van der Waals surface area contributed by atoms with Gasteiger partial charge in [-0.1, -0.05) is 26.0 Å². The van der Waals surface area contributed by atoms with E-state index in [0.29, 0.717) is 13.2 Å². The Labute approximate surface area is 109 Å². The van der Waals surface area contributed by atoms with E-state index in [1.165, 1.54) is 0 Å². The fraction of sp³-hybridized carbons (Fsp3) is 0.375. The van der Waals surface area contributed by atoms with E-state index in [1.54, 1.807) is 0 Å². The van der Waals surface area contributed by atoms with E-state index in [9.17, 15) is 0 Å². The highest BCUT2D eigenvalue weighted by Gasteiger charge is 2.09. The second-order valence-corrected chi connectivity index (χ2v) is 4.24. The SMILES string of the molecule is CCCOc1ccc2c[c]ccc2c1OCCC. The van der Waals surface area contributed by atoms with Gasteiger partial charge in [-0.2, -0.15) is 0 Å². The van der Waals surface area contributed by atoms with Crippen LogP contribution < -0.4 is 9.47 Å². The smallest absolute Gasteiger partial charge is 0.168 e. The molecule has 0 aliphatic rings. The van der Waals surface area contributed by atoms with E-state index >= 15 is 0 Å². The zero-order valence-electron chi connectivity index (χ0n) is 11.0. The van der Waals surface area contributed by atoms with Gasteiger partial charge in [0.25, 0.3) is 0 Å². The lowest BCUT2D eigenvalue weighted by Crippen LogP contribution is -2.01. The molecule has 0 N–H and O–H groups in total.